The van der Waals surface area contributed by atoms with Crippen LogP contribution in [0.4, 0.5) is 5.82 Å². The Hall–Kier alpha value is -2.77. The average molecular weight is 285 g/mol. The Morgan fingerprint density at radius 1 is 1.33 bits per heavy atom. The quantitative estimate of drug-likeness (QED) is 0.752. The Kier molecular flexibility index (Phi) is 3.59. The van der Waals surface area contributed by atoms with Gasteiger partial charge in [-0.15, -0.1) is 5.10 Å². The van der Waals surface area contributed by atoms with Gasteiger partial charge in [-0.1, -0.05) is 29.8 Å². The largest absolute Gasteiger partial charge is 0.381 e. The van der Waals surface area contributed by atoms with Crippen LogP contribution in [0.25, 0.3) is 11.5 Å². The van der Waals surface area contributed by atoms with Crippen LogP contribution >= 0.6 is 0 Å². The number of nitrogens with two attached hydrogens (primary N) is 1. The highest BCUT2D eigenvalue weighted by Gasteiger charge is 2.14. The minimum absolute atomic E-state index is 0.347. The minimum atomic E-state index is 0.347. The van der Waals surface area contributed by atoms with Crippen LogP contribution in [0.3, 0.4) is 0 Å². The number of nitrogen functional groups attached to an aromatic ring is 1. The molecule has 3 rings (SSSR count). The lowest BCUT2D eigenvalue weighted by atomic mass is 10.2. The molecular weight excluding hydrogens is 270 g/mol. The van der Waals surface area contributed by atoms with Crippen molar-refractivity contribution in [1.29, 1.82) is 0 Å². The van der Waals surface area contributed by atoms with Crippen molar-refractivity contribution in [3.63, 3.8) is 0 Å². The third kappa shape index (κ3) is 2.73. The maximum atomic E-state index is 5.81. The van der Waals surface area contributed by atoms with Gasteiger partial charge in [-0.2, -0.15) is 4.98 Å². The Morgan fingerprint density at radius 3 is 3.00 bits per heavy atom. The van der Waals surface area contributed by atoms with Gasteiger partial charge in [-0.3, -0.25) is 4.98 Å². The first-order valence-electron chi connectivity index (χ1n) is 6.69. The van der Waals surface area contributed by atoms with Crippen LogP contribution in [0.1, 0.15) is 24.9 Å². The van der Waals surface area contributed by atoms with Gasteiger partial charge in [0, 0.05) is 6.20 Å². The molecule has 0 saturated carbocycles. The summed E-state index contributed by atoms with van der Waals surface area (Å²) in [6, 6.07) is 5.53. The molecule has 0 atom stereocenters. The summed E-state index contributed by atoms with van der Waals surface area (Å²) in [7, 11) is 0. The van der Waals surface area contributed by atoms with Gasteiger partial charge in [0.25, 0.3) is 0 Å². The van der Waals surface area contributed by atoms with Gasteiger partial charge >= 0.3 is 0 Å². The molecule has 8 nitrogen and oxygen atoms in total. The molecule has 21 heavy (non-hydrogen) atoms. The van der Waals surface area contributed by atoms with Crippen LogP contribution < -0.4 is 5.73 Å². The molecule has 0 unspecified atom stereocenters. The Labute approximate surface area is 121 Å². The summed E-state index contributed by atoms with van der Waals surface area (Å²) in [5.74, 6) is 1.34. The second-order valence-electron chi connectivity index (χ2n) is 4.56. The van der Waals surface area contributed by atoms with Gasteiger partial charge in [0.2, 0.25) is 11.7 Å². The highest BCUT2D eigenvalue weighted by molar-refractivity contribution is 5.47. The summed E-state index contributed by atoms with van der Waals surface area (Å²) in [5.41, 5.74) is 7.36. The zero-order valence-corrected chi connectivity index (χ0v) is 11.6. The van der Waals surface area contributed by atoms with E-state index in [1.807, 2.05) is 18.2 Å². The molecule has 0 aliphatic rings. The van der Waals surface area contributed by atoms with Crippen LogP contribution in [0.15, 0.2) is 28.9 Å². The SMILES string of the molecule is CCCc1c(N)nnn1Cc1nc(-c2ccccn2)no1. The number of hydrogen-bond acceptors (Lipinski definition) is 7. The van der Waals surface area contributed by atoms with Crippen LogP contribution in [0, 0.1) is 0 Å². The van der Waals surface area contributed by atoms with E-state index in [1.165, 1.54) is 0 Å². The maximum Gasteiger partial charge on any atom is 0.248 e. The van der Waals surface area contributed by atoms with Gasteiger partial charge in [0.1, 0.15) is 12.2 Å². The fourth-order valence-corrected chi connectivity index (χ4v) is 2.01. The average Bonchev–Trinajstić information content (AvgIpc) is 3.11. The van der Waals surface area contributed by atoms with Crippen molar-refractivity contribution in [3.8, 4) is 11.5 Å². The van der Waals surface area contributed by atoms with E-state index >= 15 is 0 Å². The Bertz CT molecular complexity index is 719. The number of aromatic nitrogens is 6. The smallest absolute Gasteiger partial charge is 0.248 e. The predicted molar refractivity (Wildman–Crippen MR) is 75.1 cm³/mol. The number of anilines is 1. The third-order valence-corrected chi connectivity index (χ3v) is 3.00. The minimum Gasteiger partial charge on any atom is -0.381 e. The van der Waals surface area contributed by atoms with Crippen molar-refractivity contribution in [2.75, 3.05) is 5.73 Å². The topological polar surface area (TPSA) is 109 Å². The molecule has 0 aliphatic heterocycles. The molecule has 0 aliphatic carbocycles. The van der Waals surface area contributed by atoms with Crippen molar-refractivity contribution in [3.05, 3.63) is 36.0 Å². The van der Waals surface area contributed by atoms with Crippen LogP contribution in [0.2, 0.25) is 0 Å². The zero-order chi connectivity index (χ0) is 14.7. The summed E-state index contributed by atoms with van der Waals surface area (Å²) < 4.78 is 6.92. The van der Waals surface area contributed by atoms with Crippen LogP contribution in [-0.4, -0.2) is 30.1 Å². The molecular formula is C13H15N7O. The van der Waals surface area contributed by atoms with Crippen molar-refractivity contribution < 1.29 is 4.52 Å². The Morgan fingerprint density at radius 2 is 2.24 bits per heavy atom. The van der Waals surface area contributed by atoms with Crippen molar-refractivity contribution in [1.82, 2.24) is 30.1 Å². The highest BCUT2D eigenvalue weighted by atomic mass is 16.5. The first kappa shape index (κ1) is 13.2. The standard InChI is InChI=1S/C13H15N7O/c1-2-5-10-12(14)17-19-20(10)8-11-16-13(18-21-11)9-6-3-4-7-15-9/h3-4,6-7H,2,5,8,14H2,1H3. The summed E-state index contributed by atoms with van der Waals surface area (Å²) in [5, 5.41) is 11.8. The normalized spacial score (nSPS) is 10.9. The van der Waals surface area contributed by atoms with Crippen molar-refractivity contribution in [2.24, 2.45) is 0 Å². The second-order valence-corrected chi connectivity index (χ2v) is 4.56. The van der Waals surface area contributed by atoms with E-state index in [1.54, 1.807) is 10.9 Å². The summed E-state index contributed by atoms with van der Waals surface area (Å²) in [6.45, 7) is 2.42. The maximum absolute atomic E-state index is 5.81. The van der Waals surface area contributed by atoms with Gasteiger partial charge in [0.15, 0.2) is 5.82 Å². The summed E-state index contributed by atoms with van der Waals surface area (Å²) in [4.78, 5) is 8.50. The molecule has 0 saturated heterocycles. The number of hydrogen-bond donors (Lipinski definition) is 1. The molecule has 3 aromatic heterocycles. The molecule has 3 heterocycles. The summed E-state index contributed by atoms with van der Waals surface area (Å²) >= 11 is 0. The molecule has 0 bridgehead atoms. The van der Waals surface area contributed by atoms with Gasteiger partial charge in [-0.25, -0.2) is 4.68 Å². The number of pyridine rings is 1. The Balaban J connectivity index is 1.82. The van der Waals surface area contributed by atoms with Crippen LogP contribution in [0.5, 0.6) is 0 Å². The molecule has 0 aromatic carbocycles. The van der Waals surface area contributed by atoms with Crippen molar-refractivity contribution >= 4 is 5.82 Å². The van der Waals surface area contributed by atoms with Crippen LogP contribution in [-0.2, 0) is 13.0 Å². The fourth-order valence-electron chi connectivity index (χ4n) is 2.01. The number of nitrogens with zero attached hydrogens (tertiary/aromatic N) is 6. The lowest BCUT2D eigenvalue weighted by Gasteiger charge is -2.02. The third-order valence-electron chi connectivity index (χ3n) is 3.00. The second kappa shape index (κ2) is 5.70. The van der Waals surface area contributed by atoms with E-state index in [2.05, 4.69) is 32.4 Å². The molecule has 108 valence electrons. The first-order valence-corrected chi connectivity index (χ1v) is 6.69. The lowest BCUT2D eigenvalue weighted by Crippen LogP contribution is -2.07. The van der Waals surface area contributed by atoms with Crippen molar-refractivity contribution in [2.45, 2.75) is 26.3 Å². The fraction of sp³-hybridized carbons (Fsp3) is 0.308. The highest BCUT2D eigenvalue weighted by Crippen LogP contribution is 2.15. The predicted octanol–water partition coefficient (Wildman–Crippen LogP) is 1.31. The van der Waals surface area contributed by atoms with Gasteiger partial charge in [0.05, 0.1) is 5.69 Å². The zero-order valence-electron chi connectivity index (χ0n) is 11.6. The molecule has 0 amide bonds. The van der Waals surface area contributed by atoms with E-state index in [9.17, 15) is 0 Å². The van der Waals surface area contributed by atoms with E-state index in [-0.39, 0.29) is 0 Å². The van der Waals surface area contributed by atoms with Gasteiger partial charge < -0.3 is 10.3 Å². The van der Waals surface area contributed by atoms with E-state index < -0.39 is 0 Å². The van der Waals surface area contributed by atoms with E-state index in [0.29, 0.717) is 29.8 Å². The van der Waals surface area contributed by atoms with E-state index in [0.717, 1.165) is 18.5 Å². The molecule has 3 aromatic rings. The van der Waals surface area contributed by atoms with E-state index in [4.69, 9.17) is 10.3 Å². The number of rotatable bonds is 5. The molecule has 0 fully saturated rings. The summed E-state index contributed by atoms with van der Waals surface area (Å²) in [6.07, 6.45) is 3.45. The molecule has 2 N–H and O–H groups in total. The molecule has 8 heteroatoms. The monoisotopic (exact) mass is 285 g/mol. The van der Waals surface area contributed by atoms with Gasteiger partial charge in [-0.05, 0) is 18.6 Å². The molecule has 0 radical (unpaired) electrons. The first-order chi connectivity index (χ1) is 10.3. The lowest BCUT2D eigenvalue weighted by molar-refractivity contribution is 0.362. The molecule has 0 spiro atoms.